The highest BCUT2D eigenvalue weighted by atomic mass is 15.0. The smallest absolute Gasteiger partial charge is 0.133 e. The fourth-order valence-electron chi connectivity index (χ4n) is 4.51. The predicted octanol–water partition coefficient (Wildman–Crippen LogP) is 9.09. The monoisotopic (exact) mass is 473 g/mol. The maximum Gasteiger partial charge on any atom is 0.133 e. The highest BCUT2D eigenvalue weighted by Crippen LogP contribution is 2.30. The Kier molecular flexibility index (Phi) is 8.12. The Bertz CT molecular complexity index is 1430. The number of aromatic nitrogens is 2. The maximum atomic E-state index is 4.61. The van der Waals surface area contributed by atoms with Crippen LogP contribution in [0.3, 0.4) is 0 Å². The molecule has 3 aromatic carbocycles. The first-order valence-electron chi connectivity index (χ1n) is 12.7. The van der Waals surface area contributed by atoms with E-state index in [4.69, 9.17) is 0 Å². The Balaban J connectivity index is 1.56. The third-order valence-electron chi connectivity index (χ3n) is 6.46. The zero-order valence-corrected chi connectivity index (χ0v) is 21.9. The van der Waals surface area contributed by atoms with Crippen molar-refractivity contribution in [2.45, 2.75) is 47.1 Å². The zero-order valence-electron chi connectivity index (χ0n) is 21.9. The van der Waals surface area contributed by atoms with Crippen molar-refractivity contribution in [2.75, 3.05) is 5.32 Å². The van der Waals surface area contributed by atoms with Gasteiger partial charge in [0.1, 0.15) is 12.1 Å². The second kappa shape index (κ2) is 11.6. The average molecular weight is 474 g/mol. The summed E-state index contributed by atoms with van der Waals surface area (Å²) in [6.45, 7) is 10.6. The lowest BCUT2D eigenvalue weighted by Gasteiger charge is -2.18. The summed E-state index contributed by atoms with van der Waals surface area (Å²) >= 11 is 0. The van der Waals surface area contributed by atoms with Gasteiger partial charge in [0, 0.05) is 17.2 Å². The molecule has 36 heavy (non-hydrogen) atoms. The van der Waals surface area contributed by atoms with Gasteiger partial charge in [0.15, 0.2) is 0 Å². The number of nitrogens with zero attached hydrogens (tertiary/aromatic N) is 2. The predicted molar refractivity (Wildman–Crippen MR) is 155 cm³/mol. The van der Waals surface area contributed by atoms with E-state index in [1.54, 1.807) is 6.33 Å². The quantitative estimate of drug-likeness (QED) is 0.259. The molecule has 0 radical (unpaired) electrons. The summed E-state index contributed by atoms with van der Waals surface area (Å²) in [5.74, 6) is 0.861. The Labute approximate surface area is 215 Å². The molecule has 1 N–H and O–H groups in total. The molecule has 0 spiro atoms. The van der Waals surface area contributed by atoms with Crippen molar-refractivity contribution >= 4 is 22.2 Å². The van der Waals surface area contributed by atoms with Crippen molar-refractivity contribution in [3.63, 3.8) is 0 Å². The van der Waals surface area contributed by atoms with E-state index in [9.17, 15) is 0 Å². The summed E-state index contributed by atoms with van der Waals surface area (Å²) < 4.78 is 0. The molecule has 182 valence electrons. The summed E-state index contributed by atoms with van der Waals surface area (Å²) in [7, 11) is 0. The Morgan fingerprint density at radius 2 is 1.72 bits per heavy atom. The SMILES string of the molecule is C\C=C/C(=C\C(C)=C\CC)c1ccc(C(C)Nc2ncnc(-c3ccc4ccccc4c3)c2C)cc1. The molecule has 3 heteroatoms. The number of hydrogen-bond donors (Lipinski definition) is 1. The van der Waals surface area contributed by atoms with Crippen LogP contribution in [0.5, 0.6) is 0 Å². The fourth-order valence-corrected chi connectivity index (χ4v) is 4.51. The average Bonchev–Trinajstić information content (AvgIpc) is 2.89. The standard InChI is InChI=1S/C33H35N3/c1-6-10-23(3)20-29(11-7-2)28-16-14-26(15-17-28)25(5)36-33-24(4)32(34-22-35-33)31-19-18-27-12-8-9-13-30(27)21-31/h7-22,25H,6H2,1-5H3,(H,34,35,36)/b11-7-,23-10+,29-20+. The number of benzene rings is 3. The van der Waals surface area contributed by atoms with Gasteiger partial charge in [-0.15, -0.1) is 0 Å². The number of rotatable bonds is 8. The number of fused-ring (bicyclic) bond motifs is 1. The minimum absolute atomic E-state index is 0.105. The number of allylic oxidation sites excluding steroid dienone is 6. The van der Waals surface area contributed by atoms with Crippen LogP contribution < -0.4 is 5.32 Å². The van der Waals surface area contributed by atoms with Crippen LogP contribution in [0.1, 0.15) is 56.8 Å². The first-order chi connectivity index (χ1) is 17.5. The molecule has 4 aromatic rings. The van der Waals surface area contributed by atoms with E-state index in [1.807, 2.05) is 0 Å². The maximum absolute atomic E-state index is 4.61. The van der Waals surface area contributed by atoms with Crippen LogP contribution in [-0.4, -0.2) is 9.97 Å². The van der Waals surface area contributed by atoms with Gasteiger partial charge in [0.05, 0.1) is 5.69 Å². The summed E-state index contributed by atoms with van der Waals surface area (Å²) in [6.07, 6.45) is 11.4. The van der Waals surface area contributed by atoms with Gasteiger partial charge in [-0.1, -0.05) is 97.5 Å². The van der Waals surface area contributed by atoms with Crippen molar-refractivity contribution in [3.05, 3.63) is 120 Å². The molecule has 1 aromatic heterocycles. The van der Waals surface area contributed by atoms with E-state index in [0.717, 1.165) is 29.1 Å². The van der Waals surface area contributed by atoms with Crippen molar-refractivity contribution in [3.8, 4) is 11.3 Å². The van der Waals surface area contributed by atoms with Crippen molar-refractivity contribution in [1.29, 1.82) is 0 Å². The van der Waals surface area contributed by atoms with Crippen LogP contribution in [0.15, 0.2) is 103 Å². The topological polar surface area (TPSA) is 37.8 Å². The van der Waals surface area contributed by atoms with E-state index in [0.29, 0.717) is 0 Å². The Morgan fingerprint density at radius 3 is 2.44 bits per heavy atom. The van der Waals surface area contributed by atoms with E-state index >= 15 is 0 Å². The van der Waals surface area contributed by atoms with Gasteiger partial charge in [-0.05, 0) is 67.7 Å². The molecule has 1 unspecified atom stereocenters. The number of anilines is 1. The molecular formula is C33H35N3. The molecule has 1 heterocycles. The van der Waals surface area contributed by atoms with Gasteiger partial charge >= 0.3 is 0 Å². The van der Waals surface area contributed by atoms with E-state index in [2.05, 4.69) is 141 Å². The largest absolute Gasteiger partial charge is 0.363 e. The lowest BCUT2D eigenvalue weighted by molar-refractivity contribution is 0.868. The third-order valence-corrected chi connectivity index (χ3v) is 6.46. The molecule has 0 saturated carbocycles. The fraction of sp³-hybridized carbons (Fsp3) is 0.212. The minimum atomic E-state index is 0.105. The Hall–Kier alpha value is -3.98. The van der Waals surface area contributed by atoms with Crippen molar-refractivity contribution < 1.29 is 0 Å². The van der Waals surface area contributed by atoms with E-state index in [1.165, 1.54) is 33.0 Å². The summed E-state index contributed by atoms with van der Waals surface area (Å²) in [5.41, 5.74) is 8.04. The minimum Gasteiger partial charge on any atom is -0.363 e. The van der Waals surface area contributed by atoms with Crippen molar-refractivity contribution in [2.24, 2.45) is 0 Å². The normalized spacial score (nSPS) is 13.4. The van der Waals surface area contributed by atoms with Crippen LogP contribution >= 0.6 is 0 Å². The van der Waals surface area contributed by atoms with Crippen LogP contribution in [0.4, 0.5) is 5.82 Å². The number of nitrogens with one attached hydrogen (secondary N) is 1. The molecule has 0 aliphatic carbocycles. The highest BCUT2D eigenvalue weighted by Gasteiger charge is 2.13. The molecule has 0 amide bonds. The molecule has 0 aliphatic heterocycles. The van der Waals surface area contributed by atoms with Gasteiger partial charge in [-0.25, -0.2) is 9.97 Å². The first kappa shape index (κ1) is 25.1. The summed E-state index contributed by atoms with van der Waals surface area (Å²) in [4.78, 5) is 9.18. The van der Waals surface area contributed by atoms with Gasteiger partial charge < -0.3 is 5.32 Å². The van der Waals surface area contributed by atoms with E-state index < -0.39 is 0 Å². The first-order valence-corrected chi connectivity index (χ1v) is 12.7. The molecule has 1 atom stereocenters. The summed E-state index contributed by atoms with van der Waals surface area (Å²) in [5, 5.41) is 6.05. The van der Waals surface area contributed by atoms with Gasteiger partial charge in [0.2, 0.25) is 0 Å². The van der Waals surface area contributed by atoms with Crippen LogP contribution in [0.2, 0.25) is 0 Å². The van der Waals surface area contributed by atoms with Crippen LogP contribution in [-0.2, 0) is 0 Å². The molecule has 0 bridgehead atoms. The molecule has 0 aliphatic rings. The lowest BCUT2D eigenvalue weighted by atomic mass is 9.99. The van der Waals surface area contributed by atoms with Gasteiger partial charge in [-0.3, -0.25) is 0 Å². The lowest BCUT2D eigenvalue weighted by Crippen LogP contribution is -2.10. The second-order valence-electron chi connectivity index (χ2n) is 9.20. The molecule has 0 fully saturated rings. The van der Waals surface area contributed by atoms with E-state index in [-0.39, 0.29) is 6.04 Å². The molecule has 3 nitrogen and oxygen atoms in total. The molecular weight excluding hydrogens is 438 g/mol. The third kappa shape index (κ3) is 5.80. The second-order valence-corrected chi connectivity index (χ2v) is 9.20. The molecule has 0 saturated heterocycles. The number of hydrogen-bond acceptors (Lipinski definition) is 3. The van der Waals surface area contributed by atoms with Crippen LogP contribution in [0, 0.1) is 6.92 Å². The Morgan fingerprint density at radius 1 is 0.972 bits per heavy atom. The van der Waals surface area contributed by atoms with Gasteiger partial charge in [-0.2, -0.15) is 0 Å². The van der Waals surface area contributed by atoms with Crippen molar-refractivity contribution in [1.82, 2.24) is 9.97 Å². The van der Waals surface area contributed by atoms with Crippen LogP contribution in [0.25, 0.3) is 27.6 Å². The zero-order chi connectivity index (χ0) is 25.5. The summed E-state index contributed by atoms with van der Waals surface area (Å²) in [6, 6.07) is 23.8. The molecule has 4 rings (SSSR count). The highest BCUT2D eigenvalue weighted by molar-refractivity contribution is 5.87. The van der Waals surface area contributed by atoms with Gasteiger partial charge in [0.25, 0.3) is 0 Å².